The minimum atomic E-state index is -0.251. The molecule has 4 rings (SSSR count). The van der Waals surface area contributed by atoms with Crippen LogP contribution in [0.3, 0.4) is 0 Å². The summed E-state index contributed by atoms with van der Waals surface area (Å²) in [6.45, 7) is 12.2. The summed E-state index contributed by atoms with van der Waals surface area (Å²) >= 11 is 0. The Morgan fingerprint density at radius 3 is 2.48 bits per heavy atom. The fourth-order valence-corrected chi connectivity index (χ4v) is 8.51. The van der Waals surface area contributed by atoms with Crippen LogP contribution >= 0.6 is 0 Å². The molecule has 0 aromatic carbocycles. The molecule has 8 atom stereocenters. The molecule has 0 saturated heterocycles. The van der Waals surface area contributed by atoms with Crippen LogP contribution in [0, 0.1) is 40.4 Å². The van der Waals surface area contributed by atoms with E-state index < -0.39 is 0 Å². The van der Waals surface area contributed by atoms with Gasteiger partial charge in [-0.05, 0) is 91.8 Å². The minimum absolute atomic E-state index is 0.133. The summed E-state index contributed by atoms with van der Waals surface area (Å²) in [6, 6.07) is 0. The second-order valence-electron chi connectivity index (χ2n) is 12.3. The van der Waals surface area contributed by atoms with Gasteiger partial charge in [0.15, 0.2) is 0 Å². The Morgan fingerprint density at radius 1 is 1.00 bits per heavy atom. The third-order valence-electron chi connectivity index (χ3n) is 10.2. The van der Waals surface area contributed by atoms with Gasteiger partial charge < -0.3 is 10.2 Å². The lowest BCUT2D eigenvalue weighted by Crippen LogP contribution is -2.50. The average molecular weight is 403 g/mol. The van der Waals surface area contributed by atoms with E-state index in [2.05, 4.69) is 34.6 Å². The van der Waals surface area contributed by atoms with Gasteiger partial charge in [0.2, 0.25) is 0 Å². The summed E-state index contributed by atoms with van der Waals surface area (Å²) in [7, 11) is 0. The summed E-state index contributed by atoms with van der Waals surface area (Å²) < 4.78 is 0. The standard InChI is InChI=1S/C27H46O2/c1-17(2)7-6-8-18(3)21-9-10-22-20-16-25(29)24-15-19(28)11-13-27(24,5)23(20)12-14-26(21,22)4/h17-19,21-22,24-25,28-29H,6-16H2,1-5H3/t18-,19+,21-,22+,24+,25-,26-,27-/m1/s1. The van der Waals surface area contributed by atoms with Crippen molar-refractivity contribution in [3.63, 3.8) is 0 Å². The van der Waals surface area contributed by atoms with Crippen LogP contribution < -0.4 is 0 Å². The molecular formula is C27H46O2. The van der Waals surface area contributed by atoms with Crippen molar-refractivity contribution >= 4 is 0 Å². The Hall–Kier alpha value is -0.340. The van der Waals surface area contributed by atoms with Gasteiger partial charge in [-0.3, -0.25) is 0 Å². The van der Waals surface area contributed by atoms with Crippen LogP contribution in [0.2, 0.25) is 0 Å². The fourth-order valence-electron chi connectivity index (χ4n) is 8.51. The number of allylic oxidation sites excluding steroid dienone is 1. The molecule has 2 N–H and O–H groups in total. The van der Waals surface area contributed by atoms with E-state index in [4.69, 9.17) is 0 Å². The van der Waals surface area contributed by atoms with E-state index in [1.54, 1.807) is 11.1 Å². The topological polar surface area (TPSA) is 40.5 Å². The third kappa shape index (κ3) is 3.65. The highest BCUT2D eigenvalue weighted by Gasteiger charge is 2.57. The van der Waals surface area contributed by atoms with Gasteiger partial charge in [0.05, 0.1) is 12.2 Å². The highest BCUT2D eigenvalue weighted by molar-refractivity contribution is 5.35. The molecule has 0 aliphatic heterocycles. The Kier molecular flexibility index (Phi) is 6.01. The highest BCUT2D eigenvalue weighted by Crippen LogP contribution is 2.66. The second-order valence-corrected chi connectivity index (χ2v) is 12.3. The Morgan fingerprint density at radius 2 is 1.76 bits per heavy atom. The normalized spacial score (nSPS) is 45.7. The molecule has 4 aliphatic carbocycles. The van der Waals surface area contributed by atoms with E-state index in [9.17, 15) is 10.2 Å². The average Bonchev–Trinajstić information content (AvgIpc) is 3.00. The second kappa shape index (κ2) is 7.97. The van der Waals surface area contributed by atoms with E-state index in [0.29, 0.717) is 11.3 Å². The van der Waals surface area contributed by atoms with Gasteiger partial charge >= 0.3 is 0 Å². The zero-order valence-corrected chi connectivity index (χ0v) is 19.7. The van der Waals surface area contributed by atoms with Gasteiger partial charge in [0.25, 0.3) is 0 Å². The Balaban J connectivity index is 1.56. The highest BCUT2D eigenvalue weighted by atomic mass is 16.3. The van der Waals surface area contributed by atoms with E-state index in [-0.39, 0.29) is 23.5 Å². The van der Waals surface area contributed by atoms with Crippen LogP contribution in [-0.4, -0.2) is 22.4 Å². The molecule has 2 fully saturated rings. The van der Waals surface area contributed by atoms with Crippen LogP contribution in [0.1, 0.15) is 105 Å². The largest absolute Gasteiger partial charge is 0.393 e. The van der Waals surface area contributed by atoms with Gasteiger partial charge in [0, 0.05) is 0 Å². The molecule has 0 amide bonds. The molecule has 0 bridgehead atoms. The number of hydrogen-bond acceptors (Lipinski definition) is 2. The molecule has 0 aromatic heterocycles. The molecule has 0 spiro atoms. The van der Waals surface area contributed by atoms with Gasteiger partial charge in [-0.15, -0.1) is 0 Å². The van der Waals surface area contributed by atoms with E-state index in [1.165, 1.54) is 44.9 Å². The van der Waals surface area contributed by atoms with Gasteiger partial charge in [-0.1, -0.05) is 65.0 Å². The zero-order chi connectivity index (χ0) is 21.0. The lowest BCUT2D eigenvalue weighted by atomic mass is 9.50. The van der Waals surface area contributed by atoms with Crippen LogP contribution in [0.5, 0.6) is 0 Å². The first-order valence-corrected chi connectivity index (χ1v) is 12.8. The van der Waals surface area contributed by atoms with E-state index in [1.807, 2.05) is 0 Å². The fraction of sp³-hybridized carbons (Fsp3) is 0.926. The molecule has 2 saturated carbocycles. The van der Waals surface area contributed by atoms with Crippen molar-refractivity contribution in [1.82, 2.24) is 0 Å². The molecule has 2 heteroatoms. The van der Waals surface area contributed by atoms with Gasteiger partial charge in [-0.25, -0.2) is 0 Å². The Labute approximate surface area is 179 Å². The van der Waals surface area contributed by atoms with Crippen molar-refractivity contribution in [2.45, 2.75) is 117 Å². The maximum absolute atomic E-state index is 11.1. The molecule has 0 aromatic rings. The van der Waals surface area contributed by atoms with Crippen LogP contribution in [0.25, 0.3) is 0 Å². The third-order valence-corrected chi connectivity index (χ3v) is 10.2. The molecule has 0 unspecified atom stereocenters. The number of fused-ring (bicyclic) bond motifs is 4. The number of hydrogen-bond donors (Lipinski definition) is 2. The first kappa shape index (κ1) is 21.9. The number of aliphatic hydroxyl groups excluding tert-OH is 2. The molecule has 0 radical (unpaired) electrons. The molecule has 0 heterocycles. The lowest BCUT2D eigenvalue weighted by Gasteiger charge is -2.56. The summed E-state index contributed by atoms with van der Waals surface area (Å²) in [6.07, 6.45) is 12.6. The van der Waals surface area contributed by atoms with Crippen molar-refractivity contribution in [3.8, 4) is 0 Å². The van der Waals surface area contributed by atoms with Crippen molar-refractivity contribution in [3.05, 3.63) is 11.1 Å². The Bertz CT molecular complexity index is 636. The van der Waals surface area contributed by atoms with Crippen molar-refractivity contribution in [2.75, 3.05) is 0 Å². The van der Waals surface area contributed by atoms with Crippen molar-refractivity contribution < 1.29 is 10.2 Å². The quantitative estimate of drug-likeness (QED) is 0.515. The predicted octanol–water partition coefficient (Wildman–Crippen LogP) is 6.50. The summed E-state index contributed by atoms with van der Waals surface area (Å²) in [4.78, 5) is 0. The van der Waals surface area contributed by atoms with Gasteiger partial charge in [-0.2, -0.15) is 0 Å². The predicted molar refractivity (Wildman–Crippen MR) is 121 cm³/mol. The number of rotatable bonds is 5. The molecule has 4 aliphatic rings. The van der Waals surface area contributed by atoms with E-state index in [0.717, 1.165) is 43.4 Å². The van der Waals surface area contributed by atoms with Crippen molar-refractivity contribution in [2.24, 2.45) is 40.4 Å². The molecule has 29 heavy (non-hydrogen) atoms. The summed E-state index contributed by atoms with van der Waals surface area (Å²) in [5.41, 5.74) is 3.95. The zero-order valence-electron chi connectivity index (χ0n) is 19.7. The molecular weight excluding hydrogens is 356 g/mol. The first-order valence-electron chi connectivity index (χ1n) is 12.8. The summed E-state index contributed by atoms with van der Waals surface area (Å²) in [5, 5.41) is 21.4. The maximum atomic E-state index is 11.1. The van der Waals surface area contributed by atoms with Crippen LogP contribution in [0.4, 0.5) is 0 Å². The lowest BCUT2D eigenvalue weighted by molar-refractivity contribution is -0.0516. The molecule has 2 nitrogen and oxygen atoms in total. The monoisotopic (exact) mass is 402 g/mol. The van der Waals surface area contributed by atoms with Crippen LogP contribution in [-0.2, 0) is 0 Å². The summed E-state index contributed by atoms with van der Waals surface area (Å²) in [5.74, 6) is 3.46. The first-order chi connectivity index (χ1) is 13.7. The number of aliphatic hydroxyl groups is 2. The van der Waals surface area contributed by atoms with Gasteiger partial charge in [0.1, 0.15) is 0 Å². The molecule has 166 valence electrons. The SMILES string of the molecule is CC(C)CCC[C@@H](C)[C@H]1CC[C@H]2C3=C(CC[C@]12C)[C@@]1(C)CC[C@H](O)C[C@H]1[C@H](O)C3. The maximum Gasteiger partial charge on any atom is 0.0614 e. The minimum Gasteiger partial charge on any atom is -0.393 e. The van der Waals surface area contributed by atoms with Crippen molar-refractivity contribution in [1.29, 1.82) is 0 Å². The van der Waals surface area contributed by atoms with E-state index >= 15 is 0 Å². The smallest absolute Gasteiger partial charge is 0.0614 e. The van der Waals surface area contributed by atoms with Crippen LogP contribution in [0.15, 0.2) is 11.1 Å².